The Morgan fingerprint density at radius 1 is 1.42 bits per heavy atom. The van der Waals surface area contributed by atoms with Crippen molar-refractivity contribution in [1.29, 1.82) is 0 Å². The molecule has 26 heavy (non-hydrogen) atoms. The van der Waals surface area contributed by atoms with Gasteiger partial charge in [-0.15, -0.1) is 0 Å². The van der Waals surface area contributed by atoms with Crippen LogP contribution >= 0.6 is 0 Å². The molecule has 8 heteroatoms. The third-order valence-corrected chi connectivity index (χ3v) is 3.96. The molecule has 0 saturated heterocycles. The number of rotatable bonds is 5. The molecule has 1 atom stereocenters. The molecule has 138 valence electrons. The van der Waals surface area contributed by atoms with Crippen molar-refractivity contribution in [1.82, 2.24) is 14.8 Å². The predicted octanol–water partition coefficient (Wildman–Crippen LogP) is 2.62. The lowest BCUT2D eigenvalue weighted by atomic mass is 9.95. The number of phenols is 1. The third kappa shape index (κ3) is 3.22. The van der Waals surface area contributed by atoms with Gasteiger partial charge in [0, 0.05) is 5.70 Å². The Labute approximate surface area is 151 Å². The summed E-state index contributed by atoms with van der Waals surface area (Å²) >= 11 is 0. The number of esters is 1. The number of allylic oxidation sites excluding steroid dienone is 1. The van der Waals surface area contributed by atoms with Gasteiger partial charge in [0.25, 0.3) is 0 Å². The second-order valence-corrected chi connectivity index (χ2v) is 6.21. The fourth-order valence-electron chi connectivity index (χ4n) is 2.91. The van der Waals surface area contributed by atoms with E-state index in [4.69, 9.17) is 9.47 Å². The van der Waals surface area contributed by atoms with Crippen LogP contribution < -0.4 is 10.1 Å². The normalized spacial score (nSPS) is 16.3. The van der Waals surface area contributed by atoms with E-state index in [0.29, 0.717) is 29.6 Å². The van der Waals surface area contributed by atoms with Crippen LogP contribution in [0.3, 0.4) is 0 Å². The van der Waals surface area contributed by atoms with Gasteiger partial charge in [0.15, 0.2) is 11.5 Å². The molecule has 8 nitrogen and oxygen atoms in total. The van der Waals surface area contributed by atoms with Gasteiger partial charge in [0.1, 0.15) is 12.4 Å². The smallest absolute Gasteiger partial charge is 0.338 e. The van der Waals surface area contributed by atoms with Crippen molar-refractivity contribution in [2.75, 3.05) is 11.9 Å². The minimum atomic E-state index is -0.542. The third-order valence-electron chi connectivity index (χ3n) is 3.96. The molecule has 0 bridgehead atoms. The monoisotopic (exact) mass is 358 g/mol. The van der Waals surface area contributed by atoms with Crippen LogP contribution in [-0.2, 0) is 9.53 Å². The molecule has 1 aromatic carbocycles. The molecule has 0 spiro atoms. The van der Waals surface area contributed by atoms with Crippen LogP contribution in [0.25, 0.3) is 0 Å². The summed E-state index contributed by atoms with van der Waals surface area (Å²) in [5.74, 6) is 0.483. The van der Waals surface area contributed by atoms with E-state index in [1.807, 2.05) is 6.92 Å². The highest BCUT2D eigenvalue weighted by molar-refractivity contribution is 5.92. The number of benzene rings is 1. The number of carbonyl (C=O) groups excluding carboxylic acids is 1. The average Bonchev–Trinajstić information content (AvgIpc) is 3.03. The maximum atomic E-state index is 12.7. The first-order valence-electron chi connectivity index (χ1n) is 8.46. The topological polar surface area (TPSA) is 98.5 Å². The summed E-state index contributed by atoms with van der Waals surface area (Å²) in [7, 11) is 0. The Balaban J connectivity index is 2.12. The van der Waals surface area contributed by atoms with E-state index in [-0.39, 0.29) is 11.9 Å². The van der Waals surface area contributed by atoms with Gasteiger partial charge in [-0.2, -0.15) is 10.1 Å². The first-order chi connectivity index (χ1) is 12.4. The van der Waals surface area contributed by atoms with Crippen molar-refractivity contribution in [3.63, 3.8) is 0 Å². The van der Waals surface area contributed by atoms with Gasteiger partial charge in [-0.3, -0.25) is 0 Å². The minimum Gasteiger partial charge on any atom is -0.504 e. The number of ether oxygens (including phenoxy) is 2. The van der Waals surface area contributed by atoms with Crippen LogP contribution in [0, 0.1) is 0 Å². The van der Waals surface area contributed by atoms with Gasteiger partial charge in [-0.25, -0.2) is 9.48 Å². The zero-order valence-corrected chi connectivity index (χ0v) is 15.2. The number of fused-ring (bicyclic) bond motifs is 1. The zero-order chi connectivity index (χ0) is 18.8. The van der Waals surface area contributed by atoms with E-state index in [1.54, 1.807) is 43.7 Å². The Morgan fingerprint density at radius 2 is 2.19 bits per heavy atom. The van der Waals surface area contributed by atoms with Crippen LogP contribution in [-0.4, -0.2) is 38.6 Å². The van der Waals surface area contributed by atoms with Gasteiger partial charge in [-0.05, 0) is 45.4 Å². The lowest BCUT2D eigenvalue weighted by Crippen LogP contribution is -2.30. The number of anilines is 1. The van der Waals surface area contributed by atoms with E-state index >= 15 is 0 Å². The minimum absolute atomic E-state index is 0.0374. The average molecular weight is 358 g/mol. The van der Waals surface area contributed by atoms with Crippen LogP contribution in [0.5, 0.6) is 11.5 Å². The Morgan fingerprint density at radius 3 is 2.88 bits per heavy atom. The van der Waals surface area contributed by atoms with Gasteiger partial charge in [0.05, 0.1) is 18.3 Å². The summed E-state index contributed by atoms with van der Waals surface area (Å²) in [6.45, 7) is 7.64. The number of carbonyl (C=O) groups is 1. The lowest BCUT2D eigenvalue weighted by Gasteiger charge is -2.29. The van der Waals surface area contributed by atoms with Gasteiger partial charge < -0.3 is 19.9 Å². The van der Waals surface area contributed by atoms with Crippen molar-refractivity contribution in [2.24, 2.45) is 0 Å². The van der Waals surface area contributed by atoms with E-state index in [9.17, 15) is 9.90 Å². The number of aromatic nitrogens is 3. The van der Waals surface area contributed by atoms with E-state index in [1.165, 1.54) is 6.33 Å². The summed E-state index contributed by atoms with van der Waals surface area (Å²) in [5.41, 5.74) is 1.81. The quantitative estimate of drug-likeness (QED) is 0.793. The Bertz CT molecular complexity index is 857. The highest BCUT2D eigenvalue weighted by atomic mass is 16.5. The predicted molar refractivity (Wildman–Crippen MR) is 95.0 cm³/mol. The fraction of sp³-hybridized carbons (Fsp3) is 0.389. The van der Waals surface area contributed by atoms with Crippen molar-refractivity contribution in [3.8, 4) is 11.5 Å². The van der Waals surface area contributed by atoms with E-state index in [0.717, 1.165) is 5.56 Å². The second kappa shape index (κ2) is 7.07. The van der Waals surface area contributed by atoms with Crippen molar-refractivity contribution in [2.45, 2.75) is 39.8 Å². The molecular formula is C18H22N4O4. The molecule has 2 heterocycles. The van der Waals surface area contributed by atoms with Crippen LogP contribution in [0.1, 0.15) is 39.3 Å². The number of hydrogen-bond acceptors (Lipinski definition) is 7. The highest BCUT2D eigenvalue weighted by Crippen LogP contribution is 2.38. The van der Waals surface area contributed by atoms with Crippen LogP contribution in [0.2, 0.25) is 0 Å². The van der Waals surface area contributed by atoms with Crippen LogP contribution in [0.4, 0.5) is 5.95 Å². The Kier molecular flexibility index (Phi) is 4.83. The highest BCUT2D eigenvalue weighted by Gasteiger charge is 2.35. The molecule has 1 unspecified atom stereocenters. The number of phenolic OH excluding ortho intramolecular Hbond substituents is 1. The fourth-order valence-corrected chi connectivity index (χ4v) is 2.91. The summed E-state index contributed by atoms with van der Waals surface area (Å²) in [6, 6.07) is 4.44. The summed E-state index contributed by atoms with van der Waals surface area (Å²) < 4.78 is 12.5. The molecule has 1 aliphatic heterocycles. The molecule has 0 radical (unpaired) electrons. The maximum absolute atomic E-state index is 12.7. The number of nitrogens with zero attached hydrogens (tertiary/aromatic N) is 3. The summed E-state index contributed by atoms with van der Waals surface area (Å²) in [5, 5.41) is 17.3. The van der Waals surface area contributed by atoms with Crippen molar-refractivity contribution in [3.05, 3.63) is 41.4 Å². The standard InChI is InChI=1S/C18H22N4O4/c1-5-25-14-8-12(6-7-13(14)23)16-15(17(24)26-10(2)3)11(4)21-18-19-9-20-22(16)18/h6-10,16,23H,5H2,1-4H3,(H,19,20,21). The van der Waals surface area contributed by atoms with Crippen molar-refractivity contribution < 1.29 is 19.4 Å². The molecule has 0 amide bonds. The largest absolute Gasteiger partial charge is 0.504 e. The number of hydrogen-bond donors (Lipinski definition) is 2. The van der Waals surface area contributed by atoms with Gasteiger partial charge in [0.2, 0.25) is 5.95 Å². The van der Waals surface area contributed by atoms with Gasteiger partial charge in [-0.1, -0.05) is 6.07 Å². The first-order valence-corrected chi connectivity index (χ1v) is 8.46. The van der Waals surface area contributed by atoms with E-state index < -0.39 is 12.0 Å². The number of nitrogens with one attached hydrogen (secondary N) is 1. The first kappa shape index (κ1) is 17.8. The number of aromatic hydroxyl groups is 1. The summed E-state index contributed by atoms with van der Waals surface area (Å²) in [4.78, 5) is 16.9. The second-order valence-electron chi connectivity index (χ2n) is 6.21. The molecule has 0 aliphatic carbocycles. The lowest BCUT2D eigenvalue weighted by molar-refractivity contribution is -0.143. The van der Waals surface area contributed by atoms with E-state index in [2.05, 4.69) is 15.4 Å². The SMILES string of the molecule is CCOc1cc(C2C(C(=O)OC(C)C)=C(C)Nc3ncnn32)ccc1O. The maximum Gasteiger partial charge on any atom is 0.338 e. The summed E-state index contributed by atoms with van der Waals surface area (Å²) in [6.07, 6.45) is 1.17. The van der Waals surface area contributed by atoms with Gasteiger partial charge >= 0.3 is 5.97 Å². The molecule has 3 rings (SSSR count). The molecular weight excluding hydrogens is 336 g/mol. The molecule has 2 N–H and O–H groups in total. The molecule has 0 fully saturated rings. The van der Waals surface area contributed by atoms with Crippen LogP contribution in [0.15, 0.2) is 35.8 Å². The molecule has 1 aliphatic rings. The molecule has 2 aromatic rings. The zero-order valence-electron chi connectivity index (χ0n) is 15.2. The molecule has 1 aromatic heterocycles. The van der Waals surface area contributed by atoms with Crippen molar-refractivity contribution >= 4 is 11.9 Å². The molecule has 0 saturated carbocycles. The Hall–Kier alpha value is -3.03.